The van der Waals surface area contributed by atoms with Crippen molar-refractivity contribution in [3.05, 3.63) is 0 Å². The highest BCUT2D eigenvalue weighted by Crippen LogP contribution is 2.12. The number of carbonyl (C=O) groups excluding carboxylic acids is 2. The Morgan fingerprint density at radius 3 is 2.36 bits per heavy atom. The van der Waals surface area contributed by atoms with E-state index < -0.39 is 17.7 Å². The predicted octanol–water partition coefficient (Wildman–Crippen LogP) is 0.427. The summed E-state index contributed by atoms with van der Waals surface area (Å²) >= 11 is 0. The number of hydrogen-bond acceptors (Lipinski definition) is 4. The highest BCUT2D eigenvalue weighted by molar-refractivity contribution is 5.86. The number of methoxy groups -OCH3 is 1. The first-order valence-corrected chi connectivity index (χ1v) is 4.49. The molecule has 0 aromatic carbocycles. The maximum Gasteiger partial charge on any atom is 0.407 e. The summed E-state index contributed by atoms with van der Waals surface area (Å²) in [5.74, 6) is -0.178. The predicted molar refractivity (Wildman–Crippen MR) is 52.9 cm³/mol. The lowest BCUT2D eigenvalue weighted by Crippen LogP contribution is -2.59. The molecule has 0 saturated heterocycles. The number of hydrogen-bond donors (Lipinski definition) is 2. The van der Waals surface area contributed by atoms with Gasteiger partial charge >= 0.3 is 6.09 Å². The van der Waals surface area contributed by atoms with Crippen LogP contribution >= 0.6 is 0 Å². The Labute approximate surface area is 84.0 Å². The van der Waals surface area contributed by atoms with Crippen LogP contribution in [0.3, 0.4) is 0 Å². The number of Topliss-reactive ketones (excluding diaryl/α,β-unsaturated/α-hetero) is 1. The first kappa shape index (κ1) is 12.9. The molecule has 0 rings (SSSR count). The van der Waals surface area contributed by atoms with E-state index >= 15 is 0 Å². The van der Waals surface area contributed by atoms with Crippen LogP contribution < -0.4 is 11.1 Å². The van der Waals surface area contributed by atoms with Gasteiger partial charge in [-0.2, -0.15) is 0 Å². The standard InChI is InChI=1S/C9H18N2O3/c1-5-9(3,10)7(6(2)12)11-8(13)14-4/h7H,5,10H2,1-4H3,(H,11,13). The first-order chi connectivity index (χ1) is 6.35. The maximum absolute atomic E-state index is 11.3. The summed E-state index contributed by atoms with van der Waals surface area (Å²) in [6, 6.07) is -0.708. The van der Waals surface area contributed by atoms with E-state index in [4.69, 9.17) is 5.73 Å². The molecule has 5 heteroatoms. The van der Waals surface area contributed by atoms with Crippen molar-refractivity contribution >= 4 is 11.9 Å². The molecule has 1 amide bonds. The molecule has 0 aliphatic heterocycles. The summed E-state index contributed by atoms with van der Waals surface area (Å²) in [6.45, 7) is 4.96. The van der Waals surface area contributed by atoms with E-state index in [2.05, 4.69) is 10.1 Å². The third kappa shape index (κ3) is 3.33. The van der Waals surface area contributed by atoms with E-state index in [1.165, 1.54) is 14.0 Å². The molecule has 0 aliphatic carbocycles. The third-order valence-corrected chi connectivity index (χ3v) is 2.28. The molecule has 0 heterocycles. The lowest BCUT2D eigenvalue weighted by atomic mass is 9.88. The summed E-state index contributed by atoms with van der Waals surface area (Å²) in [4.78, 5) is 22.2. The zero-order chi connectivity index (χ0) is 11.4. The molecule has 0 aromatic rings. The minimum atomic E-state index is -0.750. The summed E-state index contributed by atoms with van der Waals surface area (Å²) in [6.07, 6.45) is -0.0587. The van der Waals surface area contributed by atoms with Crippen LogP contribution in [0.5, 0.6) is 0 Å². The van der Waals surface area contributed by atoms with Gasteiger partial charge in [-0.15, -0.1) is 0 Å². The van der Waals surface area contributed by atoms with Gasteiger partial charge in [-0.25, -0.2) is 4.79 Å². The molecule has 0 aliphatic rings. The van der Waals surface area contributed by atoms with E-state index in [1.54, 1.807) is 6.92 Å². The van der Waals surface area contributed by atoms with Crippen LogP contribution in [0.4, 0.5) is 4.79 Å². The molecule has 2 atom stereocenters. The molecule has 0 saturated carbocycles. The second-order valence-corrected chi connectivity index (χ2v) is 3.54. The Hall–Kier alpha value is -1.10. The fourth-order valence-corrected chi connectivity index (χ4v) is 1.11. The number of ketones is 1. The Morgan fingerprint density at radius 2 is 2.07 bits per heavy atom. The number of alkyl carbamates (subject to hydrolysis) is 1. The molecular weight excluding hydrogens is 184 g/mol. The molecule has 0 bridgehead atoms. The van der Waals surface area contributed by atoms with Gasteiger partial charge in [-0.1, -0.05) is 6.92 Å². The van der Waals surface area contributed by atoms with Gasteiger partial charge in [0.15, 0.2) is 5.78 Å². The van der Waals surface area contributed by atoms with Gasteiger partial charge in [0.2, 0.25) is 0 Å². The van der Waals surface area contributed by atoms with Crippen LogP contribution in [-0.4, -0.2) is 30.6 Å². The molecule has 14 heavy (non-hydrogen) atoms. The van der Waals surface area contributed by atoms with Crippen molar-refractivity contribution in [2.45, 2.75) is 38.8 Å². The fraction of sp³-hybridized carbons (Fsp3) is 0.778. The molecular formula is C9H18N2O3. The second-order valence-electron chi connectivity index (χ2n) is 3.54. The monoisotopic (exact) mass is 202 g/mol. The highest BCUT2D eigenvalue weighted by atomic mass is 16.5. The van der Waals surface area contributed by atoms with Gasteiger partial charge in [0.05, 0.1) is 7.11 Å². The van der Waals surface area contributed by atoms with Crippen molar-refractivity contribution in [2.75, 3.05) is 7.11 Å². The average Bonchev–Trinajstić information content (AvgIpc) is 2.12. The molecule has 2 unspecified atom stereocenters. The molecule has 3 N–H and O–H groups in total. The zero-order valence-electron chi connectivity index (χ0n) is 9.09. The number of nitrogens with two attached hydrogens (primary N) is 1. The molecule has 82 valence electrons. The van der Waals surface area contributed by atoms with E-state index in [1.807, 2.05) is 6.92 Å². The van der Waals surface area contributed by atoms with Crippen LogP contribution in [0.1, 0.15) is 27.2 Å². The SMILES string of the molecule is CCC(C)(N)C(NC(=O)OC)C(C)=O. The van der Waals surface area contributed by atoms with E-state index in [9.17, 15) is 9.59 Å². The van der Waals surface area contributed by atoms with Crippen LogP contribution in [0.15, 0.2) is 0 Å². The highest BCUT2D eigenvalue weighted by Gasteiger charge is 2.33. The van der Waals surface area contributed by atoms with Crippen LogP contribution in [0.25, 0.3) is 0 Å². The molecule has 0 aromatic heterocycles. The lowest BCUT2D eigenvalue weighted by molar-refractivity contribution is -0.120. The van der Waals surface area contributed by atoms with Gasteiger partial charge in [-0.05, 0) is 20.3 Å². The summed E-state index contributed by atoms with van der Waals surface area (Å²) in [5.41, 5.74) is 5.12. The maximum atomic E-state index is 11.3. The van der Waals surface area contributed by atoms with Crippen molar-refractivity contribution in [1.82, 2.24) is 5.32 Å². The summed E-state index contributed by atoms with van der Waals surface area (Å²) in [5, 5.41) is 2.42. The van der Waals surface area contributed by atoms with Gasteiger partial charge in [-0.3, -0.25) is 4.79 Å². The summed E-state index contributed by atoms with van der Waals surface area (Å²) < 4.78 is 4.41. The van der Waals surface area contributed by atoms with Crippen molar-refractivity contribution < 1.29 is 14.3 Å². The minimum Gasteiger partial charge on any atom is -0.453 e. The smallest absolute Gasteiger partial charge is 0.407 e. The van der Waals surface area contributed by atoms with E-state index in [0.29, 0.717) is 6.42 Å². The number of rotatable bonds is 4. The quantitative estimate of drug-likeness (QED) is 0.692. The van der Waals surface area contributed by atoms with Crippen molar-refractivity contribution in [3.63, 3.8) is 0 Å². The van der Waals surface area contributed by atoms with Crippen LogP contribution in [0, 0.1) is 0 Å². The Morgan fingerprint density at radius 1 is 1.57 bits per heavy atom. The minimum absolute atomic E-state index is 0.178. The Bertz CT molecular complexity index is 226. The number of amides is 1. The van der Waals surface area contributed by atoms with Crippen molar-refractivity contribution in [3.8, 4) is 0 Å². The number of carbonyl (C=O) groups is 2. The van der Waals surface area contributed by atoms with Crippen molar-refractivity contribution in [1.29, 1.82) is 0 Å². The van der Waals surface area contributed by atoms with Gasteiger partial charge in [0, 0.05) is 5.54 Å². The van der Waals surface area contributed by atoms with E-state index in [-0.39, 0.29) is 5.78 Å². The van der Waals surface area contributed by atoms with Gasteiger partial charge in [0.1, 0.15) is 6.04 Å². The fourth-order valence-electron chi connectivity index (χ4n) is 1.11. The lowest BCUT2D eigenvalue weighted by Gasteiger charge is -2.31. The molecule has 0 fully saturated rings. The Balaban J connectivity index is 4.61. The van der Waals surface area contributed by atoms with Gasteiger partial charge < -0.3 is 15.8 Å². The normalized spacial score (nSPS) is 16.6. The number of nitrogens with one attached hydrogen (secondary N) is 1. The summed E-state index contributed by atoms with van der Waals surface area (Å²) in [7, 11) is 1.24. The Kier molecular flexibility index (Phi) is 4.56. The topological polar surface area (TPSA) is 81.4 Å². The molecule has 0 spiro atoms. The van der Waals surface area contributed by atoms with Gasteiger partial charge in [0.25, 0.3) is 0 Å². The molecule has 5 nitrogen and oxygen atoms in total. The third-order valence-electron chi connectivity index (χ3n) is 2.28. The zero-order valence-corrected chi connectivity index (χ0v) is 9.09. The molecule has 0 radical (unpaired) electrons. The van der Waals surface area contributed by atoms with E-state index in [0.717, 1.165) is 0 Å². The number of ether oxygens (including phenoxy) is 1. The van der Waals surface area contributed by atoms with Crippen molar-refractivity contribution in [2.24, 2.45) is 5.73 Å². The first-order valence-electron chi connectivity index (χ1n) is 4.49. The second kappa shape index (κ2) is 4.95. The van der Waals surface area contributed by atoms with Crippen LogP contribution in [-0.2, 0) is 9.53 Å². The van der Waals surface area contributed by atoms with Crippen LogP contribution in [0.2, 0.25) is 0 Å². The average molecular weight is 202 g/mol. The largest absolute Gasteiger partial charge is 0.453 e.